The molecule has 12 heavy (non-hydrogen) atoms. The molecular weight excluding hydrogens is 210 g/mol. The second kappa shape index (κ2) is 4.52. The van der Waals surface area contributed by atoms with Gasteiger partial charge < -0.3 is 0 Å². The van der Waals surface area contributed by atoms with Crippen molar-refractivity contribution in [3.8, 4) is 17.9 Å². The third kappa shape index (κ3) is 2.25. The van der Waals surface area contributed by atoms with E-state index in [1.54, 1.807) is 6.08 Å². The molecule has 0 aliphatic heterocycles. The summed E-state index contributed by atoms with van der Waals surface area (Å²) in [5.41, 5.74) is 0.400. The lowest BCUT2D eigenvalue weighted by Crippen LogP contribution is -1.74. The fraction of sp³-hybridized carbons (Fsp3) is 0.125. The number of allylic oxidation sites excluding steroid dienone is 4. The van der Waals surface area contributed by atoms with Crippen LogP contribution in [0.4, 0.5) is 0 Å². The summed E-state index contributed by atoms with van der Waals surface area (Å²) >= 11 is 9.89. The summed E-state index contributed by atoms with van der Waals surface area (Å²) in [7, 11) is 1.27. The van der Waals surface area contributed by atoms with E-state index in [9.17, 15) is 0 Å². The van der Waals surface area contributed by atoms with Crippen LogP contribution in [-0.4, -0.2) is 0 Å². The van der Waals surface area contributed by atoms with Gasteiger partial charge in [-0.25, -0.2) is 0 Å². The van der Waals surface area contributed by atoms with Gasteiger partial charge in [0.1, 0.15) is 11.6 Å². The number of rotatable bonds is 1. The van der Waals surface area contributed by atoms with Crippen molar-refractivity contribution < 1.29 is 0 Å². The van der Waals surface area contributed by atoms with E-state index in [4.69, 9.17) is 16.9 Å². The van der Waals surface area contributed by atoms with Crippen LogP contribution in [0, 0.1) is 23.2 Å². The van der Waals surface area contributed by atoms with Crippen molar-refractivity contribution in [3.63, 3.8) is 0 Å². The molecule has 0 fully saturated rings. The lowest BCUT2D eigenvalue weighted by atomic mass is 10.3. The standard InChI is InChI=1S/C8H4ClNS2/c9-7-4-6(5-10)2-1-3-8(7)12-11/h4,11H,3H2. The molecule has 1 aliphatic rings. The first-order chi connectivity index (χ1) is 5.77. The first-order valence-corrected chi connectivity index (χ1v) is 5.33. The van der Waals surface area contributed by atoms with Crippen LogP contribution in [0.5, 0.6) is 0 Å². The van der Waals surface area contributed by atoms with Crippen molar-refractivity contribution in [2.24, 2.45) is 0 Å². The van der Waals surface area contributed by atoms with Crippen molar-refractivity contribution in [2.45, 2.75) is 6.42 Å². The van der Waals surface area contributed by atoms with Gasteiger partial charge in [-0.1, -0.05) is 34.2 Å². The molecule has 0 radical (unpaired) electrons. The van der Waals surface area contributed by atoms with Crippen LogP contribution < -0.4 is 0 Å². The highest BCUT2D eigenvalue weighted by Crippen LogP contribution is 2.30. The van der Waals surface area contributed by atoms with Gasteiger partial charge in [-0.3, -0.25) is 0 Å². The summed E-state index contributed by atoms with van der Waals surface area (Å²) in [6.07, 6.45) is 2.13. The van der Waals surface area contributed by atoms with E-state index in [2.05, 4.69) is 23.5 Å². The van der Waals surface area contributed by atoms with Crippen molar-refractivity contribution in [1.29, 1.82) is 5.26 Å². The molecule has 0 N–H and O–H groups in total. The Morgan fingerprint density at radius 2 is 2.50 bits per heavy atom. The molecule has 4 heteroatoms. The quantitative estimate of drug-likeness (QED) is 0.412. The molecule has 1 nitrogen and oxygen atoms in total. The second-order valence-corrected chi connectivity index (χ2v) is 3.64. The minimum absolute atomic E-state index is 0.400. The highest BCUT2D eigenvalue weighted by Gasteiger charge is 2.04. The molecular formula is C8H4ClNS2. The van der Waals surface area contributed by atoms with Crippen LogP contribution >= 0.6 is 34.1 Å². The molecule has 60 valence electrons. The van der Waals surface area contributed by atoms with Gasteiger partial charge in [0.05, 0.1) is 5.03 Å². The van der Waals surface area contributed by atoms with Gasteiger partial charge in [0.2, 0.25) is 0 Å². The number of nitriles is 1. The van der Waals surface area contributed by atoms with E-state index in [0.29, 0.717) is 17.0 Å². The monoisotopic (exact) mass is 213 g/mol. The Kier molecular flexibility index (Phi) is 3.62. The van der Waals surface area contributed by atoms with Crippen LogP contribution in [0.2, 0.25) is 0 Å². The maximum atomic E-state index is 8.56. The normalized spacial score (nSPS) is 15.6. The number of thiol groups is 1. The van der Waals surface area contributed by atoms with Crippen LogP contribution in [0.15, 0.2) is 21.6 Å². The van der Waals surface area contributed by atoms with Crippen LogP contribution in [0.3, 0.4) is 0 Å². The number of hydrogen-bond acceptors (Lipinski definition) is 3. The van der Waals surface area contributed by atoms with Crippen LogP contribution in [0.25, 0.3) is 0 Å². The minimum Gasteiger partial charge on any atom is -0.192 e. The molecule has 0 heterocycles. The van der Waals surface area contributed by atoms with Crippen LogP contribution in [-0.2, 0) is 0 Å². The summed E-state index contributed by atoms with van der Waals surface area (Å²) in [4.78, 5) is 0.887. The minimum atomic E-state index is 0.400. The Labute approximate surface area is 85.3 Å². The highest BCUT2D eigenvalue weighted by atomic mass is 35.5. The maximum Gasteiger partial charge on any atom is 0.108 e. The lowest BCUT2D eigenvalue weighted by Gasteiger charge is -1.96. The van der Waals surface area contributed by atoms with Crippen LogP contribution in [0.1, 0.15) is 6.42 Å². The summed E-state index contributed by atoms with van der Waals surface area (Å²) in [5, 5.41) is 9.11. The molecule has 0 bridgehead atoms. The first-order valence-electron chi connectivity index (χ1n) is 3.08. The molecule has 0 aromatic carbocycles. The largest absolute Gasteiger partial charge is 0.192 e. The Morgan fingerprint density at radius 1 is 1.75 bits per heavy atom. The van der Waals surface area contributed by atoms with Gasteiger partial charge in [-0.2, -0.15) is 5.26 Å². The van der Waals surface area contributed by atoms with E-state index in [0.717, 1.165) is 4.91 Å². The lowest BCUT2D eigenvalue weighted by molar-refractivity contribution is 1.43. The summed E-state index contributed by atoms with van der Waals surface area (Å²) in [5.74, 6) is 5.53. The molecule has 0 saturated carbocycles. The Balaban J connectivity index is 3.05. The predicted molar refractivity (Wildman–Crippen MR) is 55.5 cm³/mol. The topological polar surface area (TPSA) is 23.8 Å². The smallest absolute Gasteiger partial charge is 0.108 e. The predicted octanol–water partition coefficient (Wildman–Crippen LogP) is 2.87. The fourth-order valence-electron chi connectivity index (χ4n) is 0.684. The molecule has 0 spiro atoms. The highest BCUT2D eigenvalue weighted by molar-refractivity contribution is 8.70. The van der Waals surface area contributed by atoms with Gasteiger partial charge in [-0.05, 0) is 6.08 Å². The molecule has 1 rings (SSSR count). The zero-order valence-corrected chi connectivity index (χ0v) is 8.43. The Hall–Kier alpha value is -0.480. The van der Waals surface area contributed by atoms with E-state index in [1.807, 2.05) is 6.07 Å². The van der Waals surface area contributed by atoms with Gasteiger partial charge in [0.15, 0.2) is 0 Å². The van der Waals surface area contributed by atoms with Crippen molar-refractivity contribution in [3.05, 3.63) is 21.6 Å². The first kappa shape index (κ1) is 9.61. The Bertz CT molecular complexity index is 351. The fourth-order valence-corrected chi connectivity index (χ4v) is 1.91. The zero-order chi connectivity index (χ0) is 8.97. The SMILES string of the molecule is N#CC1=CC(Cl)=C(SS)CC#C1. The average Bonchev–Trinajstić information content (AvgIpc) is 2.26. The molecule has 0 aromatic heterocycles. The molecule has 0 atom stereocenters. The average molecular weight is 214 g/mol. The second-order valence-electron chi connectivity index (χ2n) is 2.01. The van der Waals surface area contributed by atoms with Gasteiger partial charge >= 0.3 is 0 Å². The number of nitrogens with zero attached hydrogens (tertiary/aromatic N) is 1. The number of halogens is 1. The third-order valence-corrected chi connectivity index (χ3v) is 2.94. The van der Waals surface area contributed by atoms with E-state index in [1.165, 1.54) is 10.8 Å². The third-order valence-electron chi connectivity index (χ3n) is 1.24. The van der Waals surface area contributed by atoms with E-state index in [-0.39, 0.29) is 0 Å². The maximum absolute atomic E-state index is 8.56. The van der Waals surface area contributed by atoms with Crippen molar-refractivity contribution in [1.82, 2.24) is 0 Å². The number of hydrogen-bond donors (Lipinski definition) is 1. The van der Waals surface area contributed by atoms with Gasteiger partial charge in [0, 0.05) is 11.3 Å². The van der Waals surface area contributed by atoms with E-state index < -0.39 is 0 Å². The Morgan fingerprint density at radius 3 is 3.08 bits per heavy atom. The summed E-state index contributed by atoms with van der Waals surface area (Å²) in [6, 6.07) is 1.95. The molecule has 0 saturated heterocycles. The molecule has 1 aliphatic carbocycles. The molecule has 0 aromatic rings. The van der Waals surface area contributed by atoms with Crippen molar-refractivity contribution >= 4 is 34.1 Å². The van der Waals surface area contributed by atoms with Crippen molar-refractivity contribution in [2.75, 3.05) is 0 Å². The van der Waals surface area contributed by atoms with Gasteiger partial charge in [-0.15, -0.1) is 11.7 Å². The van der Waals surface area contributed by atoms with Gasteiger partial charge in [0.25, 0.3) is 0 Å². The summed E-state index contributed by atoms with van der Waals surface area (Å²) < 4.78 is 0. The summed E-state index contributed by atoms with van der Waals surface area (Å²) in [6.45, 7) is 0. The van der Waals surface area contributed by atoms with E-state index >= 15 is 0 Å². The molecule has 0 amide bonds. The molecule has 0 unspecified atom stereocenters. The zero-order valence-electron chi connectivity index (χ0n) is 5.97.